The summed E-state index contributed by atoms with van der Waals surface area (Å²) in [5, 5.41) is 0.672. The van der Waals surface area contributed by atoms with Crippen molar-refractivity contribution in [2.45, 2.75) is 6.54 Å². The van der Waals surface area contributed by atoms with Crippen LogP contribution < -0.4 is 9.47 Å². The van der Waals surface area contributed by atoms with Crippen LogP contribution in [-0.4, -0.2) is 23.8 Å². The molecule has 4 rings (SSSR count). The van der Waals surface area contributed by atoms with Gasteiger partial charge in [0.1, 0.15) is 5.82 Å². The van der Waals surface area contributed by atoms with Crippen LogP contribution in [-0.2, 0) is 6.54 Å². The Morgan fingerprint density at radius 3 is 2.41 bits per heavy atom. The van der Waals surface area contributed by atoms with E-state index in [1.165, 1.54) is 5.56 Å². The number of aromatic nitrogens is 2. The van der Waals surface area contributed by atoms with Gasteiger partial charge in [-0.05, 0) is 42.0 Å². The highest BCUT2D eigenvalue weighted by Gasteiger charge is 2.15. The monoisotopic (exact) mass is 378 g/mol. The maximum Gasteiger partial charge on any atom is 0.161 e. The molecule has 3 aromatic carbocycles. The lowest BCUT2D eigenvalue weighted by Gasteiger charge is -2.12. The number of hydrogen-bond acceptors (Lipinski definition) is 3. The Morgan fingerprint density at radius 1 is 0.889 bits per heavy atom. The summed E-state index contributed by atoms with van der Waals surface area (Å²) in [6.07, 6.45) is 0. The molecule has 0 radical (unpaired) electrons. The third kappa shape index (κ3) is 3.36. The van der Waals surface area contributed by atoms with Crippen LogP contribution in [0.3, 0.4) is 0 Å². The second-order valence-corrected chi connectivity index (χ2v) is 6.65. The van der Waals surface area contributed by atoms with E-state index in [1.54, 1.807) is 14.2 Å². The van der Waals surface area contributed by atoms with Gasteiger partial charge in [0.05, 0.1) is 25.3 Å². The summed E-state index contributed by atoms with van der Waals surface area (Å²) < 4.78 is 13.0. The van der Waals surface area contributed by atoms with E-state index in [0.29, 0.717) is 23.1 Å². The Balaban J connectivity index is 1.90. The number of rotatable bonds is 5. The Bertz CT molecular complexity index is 1090. The SMILES string of the molecule is COc1ccc(-c2nc3cc(Cl)ccc3n2Cc2ccccc2)cc1OC. The summed E-state index contributed by atoms with van der Waals surface area (Å²) in [6.45, 7) is 0.711. The first kappa shape index (κ1) is 17.4. The second-order valence-electron chi connectivity index (χ2n) is 6.21. The number of benzene rings is 3. The molecule has 0 aliphatic rings. The molecule has 0 spiro atoms. The van der Waals surface area contributed by atoms with Gasteiger partial charge in [-0.1, -0.05) is 41.9 Å². The highest BCUT2D eigenvalue weighted by atomic mass is 35.5. The standard InChI is InChI=1S/C22H19ClN2O2/c1-26-20-11-8-16(12-21(20)27-2)22-24-18-13-17(23)9-10-19(18)25(22)14-15-6-4-3-5-7-15/h3-13H,14H2,1-2H3. The number of imidazole rings is 1. The molecular weight excluding hydrogens is 360 g/mol. The summed E-state index contributed by atoms with van der Waals surface area (Å²) in [4.78, 5) is 4.85. The number of methoxy groups -OCH3 is 2. The Hall–Kier alpha value is -2.98. The minimum absolute atomic E-state index is 0.672. The molecule has 0 saturated heterocycles. The topological polar surface area (TPSA) is 36.3 Å². The Kier molecular flexibility index (Phi) is 4.73. The van der Waals surface area contributed by atoms with Crippen molar-refractivity contribution in [3.05, 3.63) is 77.3 Å². The molecule has 4 aromatic rings. The van der Waals surface area contributed by atoms with E-state index in [2.05, 4.69) is 16.7 Å². The Morgan fingerprint density at radius 2 is 1.67 bits per heavy atom. The average molecular weight is 379 g/mol. The van der Waals surface area contributed by atoms with Crippen molar-refractivity contribution >= 4 is 22.6 Å². The van der Waals surface area contributed by atoms with Crippen LogP contribution in [0.15, 0.2) is 66.7 Å². The quantitative estimate of drug-likeness (QED) is 0.465. The fourth-order valence-corrected chi connectivity index (χ4v) is 3.39. The van der Waals surface area contributed by atoms with E-state index < -0.39 is 0 Å². The van der Waals surface area contributed by atoms with Gasteiger partial charge in [0.25, 0.3) is 0 Å². The van der Waals surface area contributed by atoms with E-state index in [9.17, 15) is 0 Å². The molecule has 0 amide bonds. The number of fused-ring (bicyclic) bond motifs is 1. The number of hydrogen-bond donors (Lipinski definition) is 0. The third-order valence-electron chi connectivity index (χ3n) is 4.54. The lowest BCUT2D eigenvalue weighted by atomic mass is 10.1. The normalized spacial score (nSPS) is 10.9. The molecule has 0 unspecified atom stereocenters. The zero-order chi connectivity index (χ0) is 18.8. The van der Waals surface area contributed by atoms with Gasteiger partial charge in [0.15, 0.2) is 11.5 Å². The predicted molar refractivity (Wildman–Crippen MR) is 109 cm³/mol. The second kappa shape index (κ2) is 7.33. The molecule has 0 fully saturated rings. The van der Waals surface area contributed by atoms with Gasteiger partial charge in [-0.25, -0.2) is 4.98 Å². The molecule has 0 N–H and O–H groups in total. The van der Waals surface area contributed by atoms with E-state index in [4.69, 9.17) is 26.1 Å². The minimum Gasteiger partial charge on any atom is -0.493 e. The Labute approximate surface area is 162 Å². The first-order valence-corrected chi connectivity index (χ1v) is 8.99. The van der Waals surface area contributed by atoms with E-state index >= 15 is 0 Å². The van der Waals surface area contributed by atoms with Crippen molar-refractivity contribution < 1.29 is 9.47 Å². The summed E-state index contributed by atoms with van der Waals surface area (Å²) in [5.74, 6) is 2.22. The lowest BCUT2D eigenvalue weighted by Crippen LogP contribution is -2.02. The molecule has 1 aromatic heterocycles. The first-order valence-electron chi connectivity index (χ1n) is 8.61. The zero-order valence-electron chi connectivity index (χ0n) is 15.1. The molecule has 0 atom stereocenters. The van der Waals surface area contributed by atoms with Crippen molar-refractivity contribution in [2.24, 2.45) is 0 Å². The van der Waals surface area contributed by atoms with Crippen molar-refractivity contribution in [2.75, 3.05) is 14.2 Å². The van der Waals surface area contributed by atoms with Crippen molar-refractivity contribution in [3.8, 4) is 22.9 Å². The van der Waals surface area contributed by atoms with Crippen LogP contribution in [0, 0.1) is 0 Å². The maximum atomic E-state index is 6.19. The summed E-state index contributed by atoms with van der Waals surface area (Å²) in [7, 11) is 3.26. The van der Waals surface area contributed by atoms with Crippen molar-refractivity contribution in [1.29, 1.82) is 0 Å². The fraction of sp³-hybridized carbons (Fsp3) is 0.136. The van der Waals surface area contributed by atoms with Gasteiger partial charge in [-0.3, -0.25) is 0 Å². The predicted octanol–water partition coefficient (Wildman–Crippen LogP) is 5.42. The maximum absolute atomic E-state index is 6.19. The van der Waals surface area contributed by atoms with Gasteiger partial charge in [0.2, 0.25) is 0 Å². The van der Waals surface area contributed by atoms with Crippen LogP contribution in [0.4, 0.5) is 0 Å². The largest absolute Gasteiger partial charge is 0.493 e. The van der Waals surface area contributed by atoms with E-state index in [1.807, 2.05) is 54.6 Å². The zero-order valence-corrected chi connectivity index (χ0v) is 15.9. The number of nitrogens with zero attached hydrogens (tertiary/aromatic N) is 2. The van der Waals surface area contributed by atoms with Crippen LogP contribution in [0.1, 0.15) is 5.56 Å². The van der Waals surface area contributed by atoms with Gasteiger partial charge in [-0.2, -0.15) is 0 Å². The van der Waals surface area contributed by atoms with E-state index in [0.717, 1.165) is 22.4 Å². The molecule has 1 heterocycles. The molecule has 0 aliphatic carbocycles. The van der Waals surface area contributed by atoms with E-state index in [-0.39, 0.29) is 0 Å². The smallest absolute Gasteiger partial charge is 0.161 e. The van der Waals surface area contributed by atoms with Gasteiger partial charge < -0.3 is 14.0 Å². The van der Waals surface area contributed by atoms with Crippen LogP contribution >= 0.6 is 11.6 Å². The number of halogens is 1. The molecule has 0 bridgehead atoms. The highest BCUT2D eigenvalue weighted by molar-refractivity contribution is 6.31. The molecule has 27 heavy (non-hydrogen) atoms. The molecular formula is C22H19ClN2O2. The molecule has 4 nitrogen and oxygen atoms in total. The van der Waals surface area contributed by atoms with Crippen LogP contribution in [0.2, 0.25) is 5.02 Å². The van der Waals surface area contributed by atoms with Gasteiger partial charge in [0, 0.05) is 17.1 Å². The molecule has 0 aliphatic heterocycles. The third-order valence-corrected chi connectivity index (χ3v) is 4.77. The fourth-order valence-electron chi connectivity index (χ4n) is 3.22. The highest BCUT2D eigenvalue weighted by Crippen LogP contribution is 2.34. The van der Waals surface area contributed by atoms with Crippen LogP contribution in [0.5, 0.6) is 11.5 Å². The van der Waals surface area contributed by atoms with Gasteiger partial charge in [-0.15, -0.1) is 0 Å². The van der Waals surface area contributed by atoms with Gasteiger partial charge >= 0.3 is 0 Å². The first-order chi connectivity index (χ1) is 13.2. The molecule has 0 saturated carbocycles. The average Bonchev–Trinajstić information content (AvgIpc) is 3.05. The van der Waals surface area contributed by atoms with Crippen molar-refractivity contribution in [1.82, 2.24) is 9.55 Å². The summed E-state index contributed by atoms with van der Waals surface area (Å²) >= 11 is 6.19. The van der Waals surface area contributed by atoms with Crippen LogP contribution in [0.25, 0.3) is 22.4 Å². The lowest BCUT2D eigenvalue weighted by molar-refractivity contribution is 0.355. The van der Waals surface area contributed by atoms with Crippen molar-refractivity contribution in [3.63, 3.8) is 0 Å². The number of ether oxygens (including phenoxy) is 2. The minimum atomic E-state index is 0.672. The molecule has 136 valence electrons. The summed E-state index contributed by atoms with van der Waals surface area (Å²) in [5.41, 5.74) is 4.06. The molecule has 5 heteroatoms. The summed E-state index contributed by atoms with van der Waals surface area (Å²) in [6, 6.07) is 22.0.